The lowest BCUT2D eigenvalue weighted by atomic mass is 10.2. The van der Waals surface area contributed by atoms with Gasteiger partial charge in [0.2, 0.25) is 5.91 Å². The summed E-state index contributed by atoms with van der Waals surface area (Å²) in [5.41, 5.74) is 0.183. The van der Waals surface area contributed by atoms with Crippen LogP contribution in [0.4, 0.5) is 10.1 Å². The average Bonchev–Trinajstić information content (AvgIpc) is 2.57. The topological polar surface area (TPSA) is 49.8 Å². The Kier molecular flexibility index (Phi) is 2.78. The van der Waals surface area contributed by atoms with E-state index in [-0.39, 0.29) is 24.6 Å². The Bertz CT molecular complexity index is 422. The number of hydrogen-bond donors (Lipinski definition) is 1. The highest BCUT2D eigenvalue weighted by molar-refractivity contribution is 5.96. The van der Waals surface area contributed by atoms with E-state index >= 15 is 0 Å². The number of hydrogen-bond acceptors (Lipinski definition) is 3. The molecule has 1 aromatic carbocycles. The molecule has 5 heteroatoms. The molecule has 16 heavy (non-hydrogen) atoms. The van der Waals surface area contributed by atoms with Crippen LogP contribution in [0, 0.1) is 5.82 Å². The standard InChI is InChI=1S/C11H12FNO3/c1-16-8-2-3-10(9(12)5-8)13-6-7(14)4-11(13)15/h2-3,5,7,14H,4,6H2,1H3. The van der Waals surface area contributed by atoms with E-state index in [0.717, 1.165) is 0 Å². The Hall–Kier alpha value is -1.62. The molecule has 0 aromatic heterocycles. The first kappa shape index (κ1) is 10.9. The van der Waals surface area contributed by atoms with Crippen molar-refractivity contribution in [3.05, 3.63) is 24.0 Å². The number of ether oxygens (including phenoxy) is 1. The molecule has 2 rings (SSSR count). The molecule has 4 nitrogen and oxygen atoms in total. The second-order valence-corrected chi connectivity index (χ2v) is 3.68. The van der Waals surface area contributed by atoms with Crippen molar-refractivity contribution in [1.82, 2.24) is 0 Å². The van der Waals surface area contributed by atoms with Gasteiger partial charge in [0.05, 0.1) is 31.9 Å². The second kappa shape index (κ2) is 4.09. The maximum atomic E-state index is 13.6. The molecule has 0 radical (unpaired) electrons. The lowest BCUT2D eigenvalue weighted by Crippen LogP contribution is -2.26. The smallest absolute Gasteiger partial charge is 0.229 e. The van der Waals surface area contributed by atoms with Crippen LogP contribution in [0.5, 0.6) is 5.75 Å². The molecule has 0 saturated carbocycles. The van der Waals surface area contributed by atoms with Crippen LogP contribution in [0.1, 0.15) is 6.42 Å². The van der Waals surface area contributed by atoms with Crippen molar-refractivity contribution >= 4 is 11.6 Å². The first-order valence-electron chi connectivity index (χ1n) is 4.94. The normalized spacial score (nSPS) is 20.3. The Balaban J connectivity index is 2.30. The summed E-state index contributed by atoms with van der Waals surface area (Å²) in [6.07, 6.45) is -0.667. The van der Waals surface area contributed by atoms with Crippen LogP contribution < -0.4 is 9.64 Å². The molecule has 86 valence electrons. The summed E-state index contributed by atoms with van der Waals surface area (Å²) in [5.74, 6) is -0.396. The fraction of sp³-hybridized carbons (Fsp3) is 0.364. The number of aliphatic hydroxyl groups is 1. The summed E-state index contributed by atoms with van der Waals surface area (Å²) in [5, 5.41) is 9.31. The van der Waals surface area contributed by atoms with Crippen LogP contribution in [0.15, 0.2) is 18.2 Å². The summed E-state index contributed by atoms with van der Waals surface area (Å²) >= 11 is 0. The van der Waals surface area contributed by atoms with Gasteiger partial charge in [-0.15, -0.1) is 0 Å². The number of methoxy groups -OCH3 is 1. The van der Waals surface area contributed by atoms with E-state index in [1.165, 1.54) is 24.1 Å². The van der Waals surface area contributed by atoms with Gasteiger partial charge in [0.25, 0.3) is 0 Å². The van der Waals surface area contributed by atoms with Crippen LogP contribution in [0.25, 0.3) is 0 Å². The lowest BCUT2D eigenvalue weighted by molar-refractivity contribution is -0.117. The van der Waals surface area contributed by atoms with E-state index in [1.807, 2.05) is 0 Å². The van der Waals surface area contributed by atoms with E-state index in [4.69, 9.17) is 4.74 Å². The third-order valence-electron chi connectivity index (χ3n) is 2.55. The summed E-state index contributed by atoms with van der Waals surface area (Å²) in [6, 6.07) is 4.27. The fourth-order valence-electron chi connectivity index (χ4n) is 1.76. The Morgan fingerprint density at radius 2 is 2.31 bits per heavy atom. The maximum absolute atomic E-state index is 13.6. The van der Waals surface area contributed by atoms with Crippen molar-refractivity contribution in [2.45, 2.75) is 12.5 Å². The molecule has 0 bridgehead atoms. The van der Waals surface area contributed by atoms with Gasteiger partial charge in [-0.2, -0.15) is 0 Å². The third kappa shape index (κ3) is 1.86. The van der Waals surface area contributed by atoms with Gasteiger partial charge >= 0.3 is 0 Å². The lowest BCUT2D eigenvalue weighted by Gasteiger charge is -2.16. The molecule has 1 N–H and O–H groups in total. The first-order chi connectivity index (χ1) is 7.61. The highest BCUT2D eigenvalue weighted by Crippen LogP contribution is 2.27. The molecule has 1 fully saturated rings. The van der Waals surface area contributed by atoms with E-state index in [9.17, 15) is 14.3 Å². The molecule has 0 spiro atoms. The number of carbonyl (C=O) groups excluding carboxylic acids is 1. The summed E-state index contributed by atoms with van der Waals surface area (Å²) < 4.78 is 18.5. The predicted octanol–water partition coefficient (Wildman–Crippen LogP) is 0.932. The van der Waals surface area contributed by atoms with Crippen molar-refractivity contribution in [3.63, 3.8) is 0 Å². The number of rotatable bonds is 2. The van der Waals surface area contributed by atoms with Crippen LogP contribution in [-0.2, 0) is 4.79 Å². The highest BCUT2D eigenvalue weighted by atomic mass is 19.1. The third-order valence-corrected chi connectivity index (χ3v) is 2.55. The number of aliphatic hydroxyl groups excluding tert-OH is 1. The zero-order valence-corrected chi connectivity index (χ0v) is 8.81. The molecule has 1 unspecified atom stereocenters. The van der Waals surface area contributed by atoms with Crippen LogP contribution in [0.3, 0.4) is 0 Å². The van der Waals surface area contributed by atoms with Crippen LogP contribution in [-0.4, -0.2) is 30.8 Å². The Labute approximate surface area is 92.2 Å². The largest absolute Gasteiger partial charge is 0.497 e. The molecule has 1 saturated heterocycles. The molecule has 0 aliphatic carbocycles. The van der Waals surface area contributed by atoms with Crippen LogP contribution in [0.2, 0.25) is 0 Å². The maximum Gasteiger partial charge on any atom is 0.229 e. The van der Waals surface area contributed by atoms with E-state index in [2.05, 4.69) is 0 Å². The van der Waals surface area contributed by atoms with Gasteiger partial charge in [-0.05, 0) is 12.1 Å². The summed E-state index contributed by atoms with van der Waals surface area (Å²) in [4.78, 5) is 12.7. The number of benzene rings is 1. The van der Waals surface area contributed by atoms with Crippen molar-refractivity contribution < 1.29 is 19.0 Å². The zero-order valence-electron chi connectivity index (χ0n) is 8.81. The minimum Gasteiger partial charge on any atom is -0.497 e. The molecule has 1 aliphatic heterocycles. The van der Waals surface area contributed by atoms with Crippen LogP contribution >= 0.6 is 0 Å². The minimum atomic E-state index is -0.714. The van der Waals surface area contributed by atoms with Gasteiger partial charge in [-0.3, -0.25) is 4.79 Å². The molecule has 1 atom stereocenters. The molecule has 1 aromatic rings. The van der Waals surface area contributed by atoms with Crippen molar-refractivity contribution in [1.29, 1.82) is 0 Å². The molecule has 1 aliphatic rings. The van der Waals surface area contributed by atoms with Gasteiger partial charge in [0, 0.05) is 6.07 Å². The molecule has 1 heterocycles. The highest BCUT2D eigenvalue weighted by Gasteiger charge is 2.30. The number of halogens is 1. The first-order valence-corrected chi connectivity index (χ1v) is 4.94. The van der Waals surface area contributed by atoms with Gasteiger partial charge in [0.1, 0.15) is 5.75 Å². The number of amides is 1. The number of carbonyl (C=O) groups is 1. The summed E-state index contributed by atoms with van der Waals surface area (Å²) in [7, 11) is 1.44. The SMILES string of the molecule is COc1ccc(N2CC(O)CC2=O)c(F)c1. The van der Waals surface area contributed by atoms with Gasteiger partial charge in [0.15, 0.2) is 5.82 Å². The fourth-order valence-corrected chi connectivity index (χ4v) is 1.76. The Morgan fingerprint density at radius 3 is 2.81 bits per heavy atom. The molecular formula is C11H12FNO3. The van der Waals surface area contributed by atoms with Gasteiger partial charge in [-0.25, -0.2) is 4.39 Å². The number of anilines is 1. The molecular weight excluding hydrogens is 213 g/mol. The quantitative estimate of drug-likeness (QED) is 0.814. The average molecular weight is 225 g/mol. The predicted molar refractivity (Wildman–Crippen MR) is 55.9 cm³/mol. The van der Waals surface area contributed by atoms with E-state index in [1.54, 1.807) is 6.07 Å². The Morgan fingerprint density at radius 1 is 1.56 bits per heavy atom. The van der Waals surface area contributed by atoms with Crippen molar-refractivity contribution in [2.75, 3.05) is 18.6 Å². The zero-order chi connectivity index (χ0) is 11.7. The second-order valence-electron chi connectivity index (χ2n) is 3.68. The van der Waals surface area contributed by atoms with Crippen molar-refractivity contribution in [3.8, 4) is 5.75 Å². The summed E-state index contributed by atoms with van der Waals surface area (Å²) in [6.45, 7) is 0.141. The van der Waals surface area contributed by atoms with Gasteiger partial charge in [-0.1, -0.05) is 0 Å². The number of nitrogens with zero attached hydrogens (tertiary/aromatic N) is 1. The van der Waals surface area contributed by atoms with Gasteiger partial charge < -0.3 is 14.7 Å². The molecule has 1 amide bonds. The van der Waals surface area contributed by atoms with Crippen molar-refractivity contribution in [2.24, 2.45) is 0 Å². The monoisotopic (exact) mass is 225 g/mol. The minimum absolute atomic E-state index is 0.0471. The van der Waals surface area contributed by atoms with E-state index in [0.29, 0.717) is 5.75 Å². The number of β-amino-alcohol motifs (C(OH)–C–C–N with tert-alkyl or cyclic N) is 1. The van der Waals surface area contributed by atoms with E-state index < -0.39 is 11.9 Å².